The molecule has 0 saturated carbocycles. The number of carbonyl (C=O) groups is 1. The van der Waals surface area contributed by atoms with Gasteiger partial charge in [0.05, 0.1) is 16.3 Å². The summed E-state index contributed by atoms with van der Waals surface area (Å²) in [7, 11) is -3.95. The highest BCUT2D eigenvalue weighted by molar-refractivity contribution is 7.92. The summed E-state index contributed by atoms with van der Waals surface area (Å²) >= 11 is 0. The van der Waals surface area contributed by atoms with Gasteiger partial charge in [0.15, 0.2) is 0 Å². The van der Waals surface area contributed by atoms with E-state index in [-0.39, 0.29) is 4.90 Å². The number of carbonyl (C=O) groups excluding carboxylic acids is 1. The molecule has 0 radical (unpaired) electrons. The average Bonchev–Trinajstić information content (AvgIpc) is 2.76. The van der Waals surface area contributed by atoms with E-state index in [0.717, 1.165) is 26.6 Å². The molecule has 6 nitrogen and oxygen atoms in total. The molecule has 3 aromatic carbocycles. The first-order valence-electron chi connectivity index (χ1n) is 10.2. The Kier molecular flexibility index (Phi) is 7.10. The van der Waals surface area contributed by atoms with Crippen LogP contribution in [0.2, 0.25) is 0 Å². The van der Waals surface area contributed by atoms with Crippen LogP contribution < -0.4 is 9.73 Å². The molecule has 3 rings (SSSR count). The molecule has 32 heavy (non-hydrogen) atoms. The second-order valence-corrected chi connectivity index (χ2v) is 9.63. The SMILES string of the molecule is C/C(=N/NC(=O)CN(c1cc(C)cc(C)c1)S(=O)(=O)c1ccccc1)c1ccc(C)cc1. The van der Waals surface area contributed by atoms with Gasteiger partial charge in [-0.15, -0.1) is 0 Å². The van der Waals surface area contributed by atoms with Crippen LogP contribution in [0.1, 0.15) is 29.2 Å². The number of hydrogen-bond acceptors (Lipinski definition) is 4. The van der Waals surface area contributed by atoms with Crippen molar-refractivity contribution in [2.45, 2.75) is 32.6 Å². The molecule has 0 aliphatic carbocycles. The number of nitrogens with one attached hydrogen (secondary N) is 1. The van der Waals surface area contributed by atoms with Gasteiger partial charge >= 0.3 is 0 Å². The van der Waals surface area contributed by atoms with Gasteiger partial charge in [-0.05, 0) is 68.7 Å². The standard InChI is InChI=1S/C25H27N3O3S/c1-18-10-12-22(13-11-18)21(4)26-27-25(29)17-28(23-15-19(2)14-20(3)16-23)32(30,31)24-8-6-5-7-9-24/h5-16H,17H2,1-4H3,(H,27,29)/b26-21-. The molecule has 0 aromatic heterocycles. The van der Waals surface area contributed by atoms with Gasteiger partial charge < -0.3 is 0 Å². The van der Waals surface area contributed by atoms with Gasteiger partial charge in [-0.2, -0.15) is 5.10 Å². The van der Waals surface area contributed by atoms with Crippen LogP contribution in [0.4, 0.5) is 5.69 Å². The maximum Gasteiger partial charge on any atom is 0.264 e. The van der Waals surface area contributed by atoms with E-state index in [1.807, 2.05) is 51.1 Å². The van der Waals surface area contributed by atoms with E-state index in [1.54, 1.807) is 37.3 Å². The largest absolute Gasteiger partial charge is 0.271 e. The molecular weight excluding hydrogens is 422 g/mol. The van der Waals surface area contributed by atoms with Crippen molar-refractivity contribution in [2.24, 2.45) is 5.10 Å². The normalized spacial score (nSPS) is 11.8. The fourth-order valence-corrected chi connectivity index (χ4v) is 4.73. The number of sulfonamides is 1. The smallest absolute Gasteiger partial charge is 0.264 e. The average molecular weight is 450 g/mol. The van der Waals surface area contributed by atoms with Crippen molar-refractivity contribution < 1.29 is 13.2 Å². The fourth-order valence-electron chi connectivity index (χ4n) is 3.30. The predicted octanol–water partition coefficient (Wildman–Crippen LogP) is 4.35. The molecule has 0 fully saturated rings. The lowest BCUT2D eigenvalue weighted by Crippen LogP contribution is -2.39. The molecule has 0 saturated heterocycles. The minimum absolute atomic E-state index is 0.117. The van der Waals surface area contributed by atoms with Crippen molar-refractivity contribution in [3.63, 3.8) is 0 Å². The van der Waals surface area contributed by atoms with Crippen LogP contribution in [0.15, 0.2) is 82.8 Å². The van der Waals surface area contributed by atoms with Gasteiger partial charge in [0.1, 0.15) is 6.54 Å². The van der Waals surface area contributed by atoms with Gasteiger partial charge in [-0.1, -0.05) is 54.1 Å². The highest BCUT2D eigenvalue weighted by atomic mass is 32.2. The molecule has 0 atom stereocenters. The topological polar surface area (TPSA) is 78.8 Å². The Morgan fingerprint density at radius 2 is 1.47 bits per heavy atom. The molecular formula is C25H27N3O3S. The van der Waals surface area contributed by atoms with Crippen LogP contribution in [0, 0.1) is 20.8 Å². The third-order valence-corrected chi connectivity index (χ3v) is 6.72. The maximum absolute atomic E-state index is 13.4. The van der Waals surface area contributed by atoms with E-state index in [9.17, 15) is 13.2 Å². The molecule has 7 heteroatoms. The minimum Gasteiger partial charge on any atom is -0.271 e. The molecule has 0 spiro atoms. The second-order valence-electron chi connectivity index (χ2n) is 7.77. The highest BCUT2D eigenvalue weighted by Gasteiger charge is 2.27. The second kappa shape index (κ2) is 9.78. The molecule has 0 unspecified atom stereocenters. The number of amides is 1. The van der Waals surface area contributed by atoms with Crippen LogP contribution in [0.5, 0.6) is 0 Å². The molecule has 1 N–H and O–H groups in total. The number of aryl methyl sites for hydroxylation is 3. The fraction of sp³-hybridized carbons (Fsp3) is 0.200. The van der Waals surface area contributed by atoms with Crippen molar-refractivity contribution in [2.75, 3.05) is 10.8 Å². The van der Waals surface area contributed by atoms with Gasteiger partial charge in [0.25, 0.3) is 15.9 Å². The summed E-state index contributed by atoms with van der Waals surface area (Å²) in [4.78, 5) is 12.9. The van der Waals surface area contributed by atoms with Crippen molar-refractivity contribution in [1.82, 2.24) is 5.43 Å². The zero-order valence-corrected chi connectivity index (χ0v) is 19.5. The Labute approximate surface area is 189 Å². The van der Waals surface area contributed by atoms with Gasteiger partial charge in [0, 0.05) is 0 Å². The van der Waals surface area contributed by atoms with Crippen molar-refractivity contribution >= 4 is 27.3 Å². The van der Waals surface area contributed by atoms with Crippen LogP contribution in [0.3, 0.4) is 0 Å². The number of rotatable bonds is 7. The van der Waals surface area contributed by atoms with Gasteiger partial charge in [-0.3, -0.25) is 9.10 Å². The molecule has 166 valence electrons. The lowest BCUT2D eigenvalue weighted by molar-refractivity contribution is -0.119. The van der Waals surface area contributed by atoms with E-state index in [4.69, 9.17) is 0 Å². The number of anilines is 1. The van der Waals surface area contributed by atoms with Crippen molar-refractivity contribution in [3.05, 3.63) is 95.1 Å². The minimum atomic E-state index is -3.95. The summed E-state index contributed by atoms with van der Waals surface area (Å²) in [6.07, 6.45) is 0. The Morgan fingerprint density at radius 3 is 2.06 bits per heavy atom. The Hall–Kier alpha value is -3.45. The van der Waals surface area contributed by atoms with Crippen LogP contribution >= 0.6 is 0 Å². The van der Waals surface area contributed by atoms with Crippen LogP contribution in [-0.4, -0.2) is 26.6 Å². The molecule has 0 bridgehead atoms. The molecule has 0 aliphatic heterocycles. The Morgan fingerprint density at radius 1 is 0.875 bits per heavy atom. The van der Waals surface area contributed by atoms with E-state index >= 15 is 0 Å². The van der Waals surface area contributed by atoms with Crippen molar-refractivity contribution in [3.8, 4) is 0 Å². The lowest BCUT2D eigenvalue weighted by Gasteiger charge is -2.24. The van der Waals surface area contributed by atoms with Gasteiger partial charge in [-0.25, -0.2) is 13.8 Å². The van der Waals surface area contributed by atoms with Crippen LogP contribution in [0.25, 0.3) is 0 Å². The molecule has 0 heterocycles. The number of hydrazone groups is 1. The lowest BCUT2D eigenvalue weighted by atomic mass is 10.1. The van der Waals surface area contributed by atoms with Gasteiger partial charge in [0.2, 0.25) is 0 Å². The highest BCUT2D eigenvalue weighted by Crippen LogP contribution is 2.25. The third-order valence-electron chi connectivity index (χ3n) is 4.93. The zero-order chi connectivity index (χ0) is 23.3. The van der Waals surface area contributed by atoms with Crippen LogP contribution in [-0.2, 0) is 14.8 Å². The quantitative estimate of drug-likeness (QED) is 0.430. The molecule has 0 aliphatic rings. The maximum atomic E-state index is 13.4. The number of benzene rings is 3. The van der Waals surface area contributed by atoms with Crippen molar-refractivity contribution in [1.29, 1.82) is 0 Å². The predicted molar refractivity (Wildman–Crippen MR) is 128 cm³/mol. The number of nitrogens with zero attached hydrogens (tertiary/aromatic N) is 2. The summed E-state index contributed by atoms with van der Waals surface area (Å²) in [5.41, 5.74) is 7.36. The van der Waals surface area contributed by atoms with E-state index in [0.29, 0.717) is 11.4 Å². The first kappa shape index (κ1) is 23.2. The monoisotopic (exact) mass is 449 g/mol. The third kappa shape index (κ3) is 5.62. The summed E-state index contributed by atoms with van der Waals surface area (Å²) in [5, 5.41) is 4.16. The first-order valence-corrected chi connectivity index (χ1v) is 11.7. The first-order chi connectivity index (χ1) is 15.2. The summed E-state index contributed by atoms with van der Waals surface area (Å²) in [6.45, 7) is 7.16. The molecule has 3 aromatic rings. The summed E-state index contributed by atoms with van der Waals surface area (Å²) < 4.78 is 27.9. The van der Waals surface area contributed by atoms with E-state index in [1.165, 1.54) is 12.1 Å². The number of hydrogen-bond donors (Lipinski definition) is 1. The Bertz CT molecular complexity index is 1210. The summed E-state index contributed by atoms with van der Waals surface area (Å²) in [5.74, 6) is -0.532. The van der Waals surface area contributed by atoms with E-state index in [2.05, 4.69) is 10.5 Å². The van der Waals surface area contributed by atoms with E-state index < -0.39 is 22.5 Å². The summed E-state index contributed by atoms with van der Waals surface area (Å²) in [6, 6.07) is 21.3. The zero-order valence-electron chi connectivity index (χ0n) is 18.7. The Balaban J connectivity index is 1.89. The molecule has 1 amide bonds.